The number of thiophene rings is 1. The number of amides is 1. The van der Waals surface area contributed by atoms with Crippen LogP contribution in [0.15, 0.2) is 41.9 Å². The maximum absolute atomic E-state index is 13.0. The summed E-state index contributed by atoms with van der Waals surface area (Å²) in [5, 5.41) is 3.39. The van der Waals surface area contributed by atoms with Crippen LogP contribution in [-0.4, -0.2) is 21.9 Å². The molecule has 0 saturated heterocycles. The summed E-state index contributed by atoms with van der Waals surface area (Å²) >= 11 is 1.82. The first kappa shape index (κ1) is 15.5. The van der Waals surface area contributed by atoms with E-state index in [-0.39, 0.29) is 11.9 Å². The fraction of sp³-hybridized carbons (Fsp3) is 0.350. The van der Waals surface area contributed by atoms with E-state index in [0.717, 1.165) is 24.9 Å². The van der Waals surface area contributed by atoms with Crippen molar-refractivity contribution in [2.24, 2.45) is 0 Å². The quantitative estimate of drug-likeness (QED) is 0.688. The molecule has 0 fully saturated rings. The minimum Gasteiger partial charge on any atom is -0.338 e. The highest BCUT2D eigenvalue weighted by molar-refractivity contribution is 7.10. The lowest BCUT2D eigenvalue weighted by Gasteiger charge is -2.35. The molecule has 3 heterocycles. The average Bonchev–Trinajstić information content (AvgIpc) is 3.19. The summed E-state index contributed by atoms with van der Waals surface area (Å²) in [5.41, 5.74) is 3.73. The van der Waals surface area contributed by atoms with Gasteiger partial charge in [-0.2, -0.15) is 0 Å². The topological polar surface area (TPSA) is 25.2 Å². The van der Waals surface area contributed by atoms with E-state index in [1.165, 1.54) is 21.4 Å². The molecule has 1 aliphatic heterocycles. The predicted octanol–water partition coefficient (Wildman–Crippen LogP) is 4.55. The lowest BCUT2D eigenvalue weighted by atomic mass is 9.98. The first-order valence-electron chi connectivity index (χ1n) is 8.59. The van der Waals surface area contributed by atoms with E-state index in [1.54, 1.807) is 0 Å². The molecule has 4 heteroatoms. The van der Waals surface area contributed by atoms with E-state index in [2.05, 4.69) is 59.2 Å². The molecule has 124 valence electrons. The molecule has 0 aliphatic carbocycles. The Morgan fingerprint density at radius 2 is 2.12 bits per heavy atom. The Balaban J connectivity index is 1.62. The number of hydrogen-bond donors (Lipinski definition) is 0. The van der Waals surface area contributed by atoms with E-state index < -0.39 is 0 Å². The van der Waals surface area contributed by atoms with Crippen LogP contribution in [0.1, 0.15) is 35.4 Å². The predicted molar refractivity (Wildman–Crippen MR) is 99.4 cm³/mol. The Kier molecular flexibility index (Phi) is 3.93. The highest BCUT2D eigenvalue weighted by atomic mass is 32.1. The third-order valence-electron chi connectivity index (χ3n) is 5.10. The molecule has 1 amide bonds. The van der Waals surface area contributed by atoms with Crippen molar-refractivity contribution in [2.45, 2.75) is 39.3 Å². The van der Waals surface area contributed by atoms with E-state index in [9.17, 15) is 4.79 Å². The van der Waals surface area contributed by atoms with Gasteiger partial charge in [-0.15, -0.1) is 11.3 Å². The lowest BCUT2D eigenvalue weighted by Crippen LogP contribution is -2.41. The van der Waals surface area contributed by atoms with Crippen LogP contribution in [0.4, 0.5) is 0 Å². The normalized spacial score (nSPS) is 17.2. The van der Waals surface area contributed by atoms with Gasteiger partial charge in [0.15, 0.2) is 0 Å². The van der Waals surface area contributed by atoms with Gasteiger partial charge in [0, 0.05) is 28.5 Å². The fourth-order valence-corrected chi connectivity index (χ4v) is 4.86. The second kappa shape index (κ2) is 6.10. The number of carbonyl (C=O) groups excluding carboxylic acids is 1. The van der Waals surface area contributed by atoms with Crippen LogP contribution in [-0.2, 0) is 17.8 Å². The average molecular weight is 338 g/mol. The Hall–Kier alpha value is -2.07. The zero-order valence-corrected chi connectivity index (χ0v) is 15.0. The monoisotopic (exact) mass is 338 g/mol. The third kappa shape index (κ3) is 2.46. The molecular weight excluding hydrogens is 316 g/mol. The summed E-state index contributed by atoms with van der Waals surface area (Å²) in [7, 11) is 0. The molecule has 4 rings (SSSR count). The standard InChI is InChI=1S/C20H22N2OS/c1-3-17-16-9-11-24-19(16)8-10-22(17)20(23)13-21-12-14(2)15-6-4-5-7-18(15)21/h4-7,9,11-12,17H,3,8,10,13H2,1-2H3/t17-/m0/s1. The SMILES string of the molecule is CC[C@H]1c2ccsc2CCN1C(=O)Cn1cc(C)c2ccccc21. The zero-order valence-electron chi connectivity index (χ0n) is 14.2. The summed E-state index contributed by atoms with van der Waals surface area (Å²) in [5.74, 6) is 0.222. The molecule has 0 bridgehead atoms. The van der Waals surface area contributed by atoms with Crippen molar-refractivity contribution < 1.29 is 4.79 Å². The largest absolute Gasteiger partial charge is 0.338 e. The minimum absolute atomic E-state index is 0.222. The number of aryl methyl sites for hydroxylation is 1. The van der Waals surface area contributed by atoms with Gasteiger partial charge in [0.05, 0.1) is 6.04 Å². The van der Waals surface area contributed by atoms with Crippen LogP contribution in [0.5, 0.6) is 0 Å². The number of aromatic nitrogens is 1. The van der Waals surface area contributed by atoms with Crippen LogP contribution < -0.4 is 0 Å². The van der Waals surface area contributed by atoms with Crippen molar-refractivity contribution in [1.29, 1.82) is 0 Å². The Bertz CT molecular complexity index is 892. The molecule has 1 aromatic carbocycles. The van der Waals surface area contributed by atoms with Crippen LogP contribution in [0, 0.1) is 6.92 Å². The molecule has 2 aromatic heterocycles. The molecular formula is C20H22N2OS. The number of nitrogens with zero attached hydrogens (tertiary/aromatic N) is 2. The van der Waals surface area contributed by atoms with Crippen molar-refractivity contribution >= 4 is 28.1 Å². The van der Waals surface area contributed by atoms with Crippen molar-refractivity contribution in [1.82, 2.24) is 9.47 Å². The zero-order chi connectivity index (χ0) is 16.7. The molecule has 3 aromatic rings. The van der Waals surface area contributed by atoms with Gasteiger partial charge in [-0.05, 0) is 48.4 Å². The number of carbonyl (C=O) groups is 1. The molecule has 0 unspecified atom stereocenters. The van der Waals surface area contributed by atoms with Gasteiger partial charge in [0.1, 0.15) is 6.54 Å². The number of rotatable bonds is 3. The molecule has 24 heavy (non-hydrogen) atoms. The van der Waals surface area contributed by atoms with Crippen LogP contribution >= 0.6 is 11.3 Å². The first-order chi connectivity index (χ1) is 11.7. The Morgan fingerprint density at radius 3 is 2.96 bits per heavy atom. The summed E-state index contributed by atoms with van der Waals surface area (Å²) in [6.45, 7) is 5.54. The number of para-hydroxylation sites is 1. The lowest BCUT2D eigenvalue weighted by molar-refractivity contribution is -0.134. The number of hydrogen-bond acceptors (Lipinski definition) is 2. The number of benzene rings is 1. The second-order valence-electron chi connectivity index (χ2n) is 6.52. The van der Waals surface area contributed by atoms with Gasteiger partial charge in [0.2, 0.25) is 5.91 Å². The van der Waals surface area contributed by atoms with E-state index in [4.69, 9.17) is 0 Å². The first-order valence-corrected chi connectivity index (χ1v) is 9.47. The number of fused-ring (bicyclic) bond motifs is 2. The van der Waals surface area contributed by atoms with Crippen LogP contribution in [0.25, 0.3) is 10.9 Å². The molecule has 0 saturated carbocycles. The fourth-order valence-electron chi connectivity index (χ4n) is 3.93. The Morgan fingerprint density at radius 1 is 1.29 bits per heavy atom. The third-order valence-corrected chi connectivity index (χ3v) is 6.09. The molecule has 1 aliphatic rings. The van der Waals surface area contributed by atoms with Crippen molar-refractivity contribution in [3.05, 3.63) is 57.9 Å². The molecule has 0 spiro atoms. The summed E-state index contributed by atoms with van der Waals surface area (Å²) in [6.07, 6.45) is 4.06. The highest BCUT2D eigenvalue weighted by Crippen LogP contribution is 2.35. The summed E-state index contributed by atoms with van der Waals surface area (Å²) < 4.78 is 2.10. The van der Waals surface area contributed by atoms with Crippen molar-refractivity contribution in [3.63, 3.8) is 0 Å². The summed E-state index contributed by atoms with van der Waals surface area (Å²) in [4.78, 5) is 16.6. The second-order valence-corrected chi connectivity index (χ2v) is 7.52. The van der Waals surface area contributed by atoms with Gasteiger partial charge < -0.3 is 9.47 Å². The van der Waals surface area contributed by atoms with Gasteiger partial charge in [-0.1, -0.05) is 25.1 Å². The maximum atomic E-state index is 13.0. The van der Waals surface area contributed by atoms with E-state index >= 15 is 0 Å². The van der Waals surface area contributed by atoms with Crippen LogP contribution in [0.2, 0.25) is 0 Å². The van der Waals surface area contributed by atoms with Gasteiger partial charge >= 0.3 is 0 Å². The highest BCUT2D eigenvalue weighted by Gasteiger charge is 2.30. The molecule has 0 N–H and O–H groups in total. The molecule has 3 nitrogen and oxygen atoms in total. The van der Waals surface area contributed by atoms with Gasteiger partial charge in [-0.3, -0.25) is 4.79 Å². The maximum Gasteiger partial charge on any atom is 0.243 e. The van der Waals surface area contributed by atoms with E-state index in [1.807, 2.05) is 17.4 Å². The van der Waals surface area contributed by atoms with Gasteiger partial charge in [-0.25, -0.2) is 0 Å². The minimum atomic E-state index is 0.222. The van der Waals surface area contributed by atoms with Gasteiger partial charge in [0.25, 0.3) is 0 Å². The van der Waals surface area contributed by atoms with Crippen molar-refractivity contribution in [2.75, 3.05) is 6.54 Å². The van der Waals surface area contributed by atoms with Crippen LogP contribution in [0.3, 0.4) is 0 Å². The molecule has 0 radical (unpaired) electrons. The van der Waals surface area contributed by atoms with E-state index in [0.29, 0.717) is 6.54 Å². The summed E-state index contributed by atoms with van der Waals surface area (Å²) in [6, 6.07) is 10.7. The van der Waals surface area contributed by atoms with Crippen molar-refractivity contribution in [3.8, 4) is 0 Å². The smallest absolute Gasteiger partial charge is 0.243 e. The Labute approximate surface area is 146 Å². The molecule has 1 atom stereocenters.